The Labute approximate surface area is 237 Å². The molecule has 0 saturated carbocycles. The highest BCUT2D eigenvalue weighted by molar-refractivity contribution is 5.35. The molecule has 0 unspecified atom stereocenters. The van der Waals surface area contributed by atoms with Gasteiger partial charge >= 0.3 is 0 Å². The van der Waals surface area contributed by atoms with E-state index in [1.807, 2.05) is 13.0 Å². The minimum Gasteiger partial charge on any atom is -0.489 e. The van der Waals surface area contributed by atoms with Gasteiger partial charge in [0.05, 0.1) is 11.6 Å². The molecule has 0 heterocycles. The molecule has 0 aliphatic carbocycles. The van der Waals surface area contributed by atoms with Gasteiger partial charge in [0.1, 0.15) is 49.0 Å². The van der Waals surface area contributed by atoms with Crippen LogP contribution in [-0.4, -0.2) is 20.1 Å². The van der Waals surface area contributed by atoms with Crippen molar-refractivity contribution in [3.05, 3.63) is 130 Å². The largest absolute Gasteiger partial charge is 0.489 e. The maximum atomic E-state index is 14.6. The van der Waals surface area contributed by atoms with E-state index in [1.54, 1.807) is 48.5 Å². The van der Waals surface area contributed by atoms with E-state index >= 15 is 0 Å². The number of rotatable bonds is 9. The topological polar surface area (TPSA) is 80.6 Å². The zero-order chi connectivity index (χ0) is 30.0. The summed E-state index contributed by atoms with van der Waals surface area (Å²) in [5, 5.41) is 8.83. The monoisotopic (exact) mass is 565 g/mol. The van der Waals surface area contributed by atoms with E-state index in [-0.39, 0.29) is 19.0 Å². The first-order valence-corrected chi connectivity index (χ1v) is 12.6. The van der Waals surface area contributed by atoms with Gasteiger partial charge in [-0.15, -0.1) is 0 Å². The molecule has 2 N–H and O–H groups in total. The third-order valence-corrected chi connectivity index (χ3v) is 5.45. The van der Waals surface area contributed by atoms with Gasteiger partial charge in [0.15, 0.2) is 0 Å². The summed E-state index contributed by atoms with van der Waals surface area (Å²) in [4.78, 5) is 3.49. The first-order chi connectivity index (χ1) is 19.8. The number of benzene rings is 4. The first-order valence-electron chi connectivity index (χ1n) is 12.6. The molecular weight excluding hydrogens is 534 g/mol. The van der Waals surface area contributed by atoms with Crippen LogP contribution in [0.25, 0.3) is 0 Å². The van der Waals surface area contributed by atoms with Crippen molar-refractivity contribution in [1.29, 1.82) is 5.26 Å². The number of nitrogens with zero attached hydrogens (tertiary/aromatic N) is 2. The van der Waals surface area contributed by atoms with Crippen molar-refractivity contribution in [2.45, 2.75) is 26.6 Å². The smallest absolute Gasteiger partial charge is 0.138 e. The second-order valence-corrected chi connectivity index (χ2v) is 8.39. The molecule has 0 amide bonds. The van der Waals surface area contributed by atoms with Crippen LogP contribution in [0.2, 0.25) is 0 Å². The van der Waals surface area contributed by atoms with Gasteiger partial charge in [0.2, 0.25) is 0 Å². The van der Waals surface area contributed by atoms with Crippen LogP contribution < -0.4 is 15.2 Å². The van der Waals surface area contributed by atoms with Crippen molar-refractivity contribution < 1.29 is 27.0 Å². The van der Waals surface area contributed by atoms with Crippen LogP contribution in [0.15, 0.2) is 89.9 Å². The molecule has 41 heavy (non-hydrogen) atoms. The minimum absolute atomic E-state index is 0.0142. The Balaban J connectivity index is 0.000000759. The molecule has 0 aliphatic rings. The summed E-state index contributed by atoms with van der Waals surface area (Å²) in [7, 11) is 0. The highest BCUT2D eigenvalue weighted by atomic mass is 19.1. The normalized spacial score (nSPS) is 9.78. The van der Waals surface area contributed by atoms with E-state index in [9.17, 15) is 17.6 Å². The number of hydrogen-bond acceptors (Lipinski definition) is 5. The summed E-state index contributed by atoms with van der Waals surface area (Å²) in [5.74, 6) is -0.209. The zero-order valence-corrected chi connectivity index (χ0v) is 22.6. The van der Waals surface area contributed by atoms with Crippen molar-refractivity contribution >= 4 is 6.72 Å². The van der Waals surface area contributed by atoms with Crippen molar-refractivity contribution in [2.75, 3.05) is 13.3 Å². The molecule has 0 spiro atoms. The van der Waals surface area contributed by atoms with Gasteiger partial charge in [-0.25, -0.2) is 17.6 Å². The Kier molecular flexibility index (Phi) is 14.1. The predicted octanol–water partition coefficient (Wildman–Crippen LogP) is 7.30. The molecule has 0 aliphatic heterocycles. The van der Waals surface area contributed by atoms with Crippen molar-refractivity contribution in [3.8, 4) is 17.6 Å². The molecule has 0 atom stereocenters. The highest BCUT2D eigenvalue weighted by Crippen LogP contribution is 2.20. The predicted molar refractivity (Wildman–Crippen MR) is 152 cm³/mol. The third kappa shape index (κ3) is 11.5. The standard InChI is InChI=1S/C28H20F3NO2.C3H7N.CH4FN/c29-24-7-11-26(12-8-24)34-18-23-6-2-21(15-28(23)31)13-20-1-5-22(27(30)14-20)17-33-25-9-3-19(16-32)4-10-25;1-3-4-2;2-1-3/h1-12,14-15H,13,17-18H2;2-3H2,1H3;1,3H2. The van der Waals surface area contributed by atoms with E-state index in [1.165, 1.54) is 36.4 Å². The lowest BCUT2D eigenvalue weighted by Gasteiger charge is -2.10. The Morgan fingerprint density at radius 1 is 0.780 bits per heavy atom. The molecule has 0 aromatic heterocycles. The second kappa shape index (κ2) is 17.8. The summed E-state index contributed by atoms with van der Waals surface area (Å²) in [6, 6.07) is 23.8. The fourth-order valence-electron chi connectivity index (χ4n) is 3.35. The lowest BCUT2D eigenvalue weighted by atomic mass is 10.0. The molecule has 0 fully saturated rings. The first kappa shape index (κ1) is 32.5. The SMILES string of the molecule is C=NCC.N#Cc1ccc(OCc2ccc(Cc3ccc(COc4ccc(F)cc4)c(F)c3)cc2F)cc1.NCF. The van der Waals surface area contributed by atoms with Crippen LogP contribution >= 0.6 is 0 Å². The average Bonchev–Trinajstić information content (AvgIpc) is 2.98. The molecule has 214 valence electrons. The maximum Gasteiger partial charge on any atom is 0.138 e. The number of nitrogens with two attached hydrogens (primary N) is 1. The third-order valence-electron chi connectivity index (χ3n) is 5.45. The molecule has 0 saturated heterocycles. The summed E-state index contributed by atoms with van der Waals surface area (Å²) >= 11 is 0. The van der Waals surface area contributed by atoms with Crippen LogP contribution in [0.5, 0.6) is 11.5 Å². The van der Waals surface area contributed by atoms with Gasteiger partial charge in [-0.05, 0) is 91.9 Å². The van der Waals surface area contributed by atoms with Crippen LogP contribution in [0.1, 0.15) is 34.7 Å². The molecule has 4 aromatic carbocycles. The maximum absolute atomic E-state index is 14.6. The molecule has 0 bridgehead atoms. The van der Waals surface area contributed by atoms with Crippen molar-refractivity contribution in [1.82, 2.24) is 0 Å². The summed E-state index contributed by atoms with van der Waals surface area (Å²) < 4.78 is 63.2. The molecule has 4 rings (SSSR count). The molecular formula is C32H31F4N3O2. The van der Waals surface area contributed by atoms with Crippen molar-refractivity contribution in [2.24, 2.45) is 10.7 Å². The van der Waals surface area contributed by atoms with Gasteiger partial charge < -0.3 is 20.2 Å². The van der Waals surface area contributed by atoms with Gasteiger partial charge in [0, 0.05) is 17.7 Å². The minimum atomic E-state index is -0.750. The summed E-state index contributed by atoms with van der Waals surface area (Å²) in [6.45, 7) is 5.33. The number of aliphatic imine (C=N–C) groups is 1. The molecule has 0 radical (unpaired) electrons. The van der Waals surface area contributed by atoms with Gasteiger partial charge in [-0.2, -0.15) is 5.26 Å². The zero-order valence-electron chi connectivity index (χ0n) is 22.6. The van der Waals surface area contributed by atoms with E-state index in [2.05, 4.69) is 17.4 Å². The van der Waals surface area contributed by atoms with Crippen molar-refractivity contribution in [3.63, 3.8) is 0 Å². The van der Waals surface area contributed by atoms with Gasteiger partial charge in [-0.1, -0.05) is 24.3 Å². The van der Waals surface area contributed by atoms with E-state index < -0.39 is 18.4 Å². The second-order valence-electron chi connectivity index (χ2n) is 8.39. The fourth-order valence-corrected chi connectivity index (χ4v) is 3.35. The average molecular weight is 566 g/mol. The van der Waals surface area contributed by atoms with E-state index in [0.717, 1.165) is 6.54 Å². The van der Waals surface area contributed by atoms with Crippen LogP contribution in [-0.2, 0) is 19.6 Å². The molecule has 4 aromatic rings. The Morgan fingerprint density at radius 3 is 1.56 bits per heavy atom. The number of hydrogen-bond donors (Lipinski definition) is 1. The lowest BCUT2D eigenvalue weighted by Crippen LogP contribution is -2.01. The quantitative estimate of drug-likeness (QED) is 0.131. The summed E-state index contributed by atoms with van der Waals surface area (Å²) in [5.41, 5.74) is 6.87. The Morgan fingerprint density at radius 2 is 1.20 bits per heavy atom. The number of ether oxygens (including phenoxy) is 2. The van der Waals surface area contributed by atoms with Gasteiger partial charge in [0.25, 0.3) is 0 Å². The Bertz CT molecular complexity index is 1410. The number of nitriles is 1. The fraction of sp³-hybridized carbons (Fsp3) is 0.188. The van der Waals surface area contributed by atoms with Gasteiger partial charge in [-0.3, -0.25) is 0 Å². The molecule has 9 heteroatoms. The Hall–Kier alpha value is -4.68. The number of alkyl halides is 1. The number of halogens is 4. The lowest BCUT2D eigenvalue weighted by molar-refractivity contribution is 0.299. The highest BCUT2D eigenvalue weighted by Gasteiger charge is 2.09. The summed E-state index contributed by atoms with van der Waals surface area (Å²) in [6.07, 6.45) is 0.365. The van der Waals surface area contributed by atoms with Crippen LogP contribution in [0, 0.1) is 28.8 Å². The van der Waals surface area contributed by atoms with E-state index in [0.29, 0.717) is 45.7 Å². The van der Waals surface area contributed by atoms with Crippen LogP contribution in [0.3, 0.4) is 0 Å². The van der Waals surface area contributed by atoms with E-state index in [4.69, 9.17) is 14.7 Å². The molecule has 5 nitrogen and oxygen atoms in total. The van der Waals surface area contributed by atoms with Crippen LogP contribution in [0.4, 0.5) is 17.6 Å².